The van der Waals surface area contributed by atoms with Crippen LogP contribution in [0.5, 0.6) is 0 Å². The summed E-state index contributed by atoms with van der Waals surface area (Å²) >= 11 is 0. The summed E-state index contributed by atoms with van der Waals surface area (Å²) in [6.45, 7) is 6.42. The van der Waals surface area contributed by atoms with E-state index in [-0.39, 0.29) is 5.82 Å². The smallest absolute Gasteiger partial charge is 0.130 e. The molecule has 0 radical (unpaired) electrons. The first-order valence-electron chi connectivity index (χ1n) is 9.21. The van der Waals surface area contributed by atoms with Crippen LogP contribution in [-0.2, 0) is 24.2 Å². The van der Waals surface area contributed by atoms with Crippen molar-refractivity contribution in [3.05, 3.63) is 59.4 Å². The fourth-order valence-electron chi connectivity index (χ4n) is 3.28. The summed E-state index contributed by atoms with van der Waals surface area (Å²) in [7, 11) is 1.69. The highest BCUT2D eigenvalue weighted by atomic mass is 19.1. The number of nitrogens with zero attached hydrogens (tertiary/aromatic N) is 4. The summed E-state index contributed by atoms with van der Waals surface area (Å²) < 4.78 is 18.4. The van der Waals surface area contributed by atoms with E-state index in [4.69, 9.17) is 4.74 Å². The minimum atomic E-state index is -0.159. The molecule has 140 valence electrons. The zero-order valence-electron chi connectivity index (χ0n) is 15.4. The van der Waals surface area contributed by atoms with E-state index in [2.05, 4.69) is 19.8 Å². The zero-order valence-corrected chi connectivity index (χ0v) is 15.4. The molecule has 0 spiro atoms. The Bertz CT molecular complexity index is 680. The van der Waals surface area contributed by atoms with Gasteiger partial charge in [0.1, 0.15) is 11.6 Å². The Morgan fingerprint density at radius 2 is 1.69 bits per heavy atom. The van der Waals surface area contributed by atoms with Gasteiger partial charge in [0, 0.05) is 57.7 Å². The monoisotopic (exact) mass is 358 g/mol. The second-order valence-electron chi connectivity index (χ2n) is 6.79. The van der Waals surface area contributed by atoms with Crippen molar-refractivity contribution in [3.8, 4) is 0 Å². The summed E-state index contributed by atoms with van der Waals surface area (Å²) in [6.07, 6.45) is 5.71. The second kappa shape index (κ2) is 9.71. The Hall–Kier alpha value is -1.89. The van der Waals surface area contributed by atoms with Gasteiger partial charge in [-0.1, -0.05) is 12.1 Å². The van der Waals surface area contributed by atoms with Gasteiger partial charge in [0.05, 0.1) is 6.61 Å². The van der Waals surface area contributed by atoms with E-state index in [0.717, 1.165) is 69.1 Å². The number of benzene rings is 1. The molecule has 0 aliphatic carbocycles. The molecule has 0 atom stereocenters. The molecule has 0 amide bonds. The summed E-state index contributed by atoms with van der Waals surface area (Å²) in [5, 5.41) is 0. The van der Waals surface area contributed by atoms with Crippen LogP contribution in [0.3, 0.4) is 0 Å². The Labute approximate surface area is 154 Å². The first-order valence-corrected chi connectivity index (χ1v) is 9.21. The molecule has 1 aromatic carbocycles. The van der Waals surface area contributed by atoms with Gasteiger partial charge in [0.2, 0.25) is 0 Å². The molecule has 1 saturated heterocycles. The first kappa shape index (κ1) is 18.9. The van der Waals surface area contributed by atoms with Gasteiger partial charge in [-0.3, -0.25) is 9.80 Å². The van der Waals surface area contributed by atoms with Crippen LogP contribution in [-0.4, -0.2) is 59.7 Å². The number of ether oxygens (including phenoxy) is 1. The summed E-state index contributed by atoms with van der Waals surface area (Å²) in [4.78, 5) is 13.7. The van der Waals surface area contributed by atoms with Crippen LogP contribution in [0.25, 0.3) is 0 Å². The normalized spacial score (nSPS) is 16.5. The largest absolute Gasteiger partial charge is 0.384 e. The van der Waals surface area contributed by atoms with Crippen molar-refractivity contribution >= 4 is 0 Å². The molecule has 0 unspecified atom stereocenters. The topological polar surface area (TPSA) is 41.5 Å². The van der Waals surface area contributed by atoms with E-state index in [9.17, 15) is 4.39 Å². The maximum atomic E-state index is 13.4. The fourth-order valence-corrected chi connectivity index (χ4v) is 3.28. The molecule has 1 aromatic heterocycles. The highest BCUT2D eigenvalue weighted by Gasteiger charge is 2.15. The number of aromatic nitrogens is 2. The number of rotatable bonds is 7. The number of hydrogen-bond donors (Lipinski definition) is 0. The Morgan fingerprint density at radius 3 is 2.35 bits per heavy atom. The van der Waals surface area contributed by atoms with Crippen LogP contribution >= 0.6 is 0 Å². The van der Waals surface area contributed by atoms with Crippen LogP contribution in [0.2, 0.25) is 0 Å². The van der Waals surface area contributed by atoms with Gasteiger partial charge in [-0.2, -0.15) is 0 Å². The van der Waals surface area contributed by atoms with Crippen LogP contribution in [0.4, 0.5) is 4.39 Å². The van der Waals surface area contributed by atoms with Crippen molar-refractivity contribution in [3.63, 3.8) is 0 Å². The molecule has 2 aromatic rings. The molecule has 6 heteroatoms. The van der Waals surface area contributed by atoms with E-state index < -0.39 is 0 Å². The third kappa shape index (κ3) is 5.83. The van der Waals surface area contributed by atoms with E-state index in [1.807, 2.05) is 18.5 Å². The molecule has 1 aliphatic heterocycles. The molecule has 5 nitrogen and oxygen atoms in total. The van der Waals surface area contributed by atoms with Crippen LogP contribution in [0.1, 0.15) is 23.4 Å². The Balaban J connectivity index is 1.49. The molecule has 1 aliphatic rings. The van der Waals surface area contributed by atoms with Crippen molar-refractivity contribution in [2.75, 3.05) is 39.9 Å². The molecule has 0 saturated carbocycles. The third-order valence-corrected chi connectivity index (χ3v) is 4.67. The lowest BCUT2D eigenvalue weighted by atomic mass is 10.2. The number of halogens is 1. The quantitative estimate of drug-likeness (QED) is 0.761. The van der Waals surface area contributed by atoms with Gasteiger partial charge >= 0.3 is 0 Å². The Kier molecular flexibility index (Phi) is 7.05. The van der Waals surface area contributed by atoms with Crippen LogP contribution < -0.4 is 0 Å². The molecule has 0 N–H and O–H groups in total. The van der Waals surface area contributed by atoms with Gasteiger partial charge in [0.15, 0.2) is 0 Å². The minimum absolute atomic E-state index is 0.159. The van der Waals surface area contributed by atoms with Crippen molar-refractivity contribution in [2.24, 2.45) is 0 Å². The fraction of sp³-hybridized carbons (Fsp3) is 0.500. The molecular formula is C20H27FN4O. The van der Waals surface area contributed by atoms with E-state index in [1.165, 1.54) is 6.07 Å². The van der Waals surface area contributed by atoms with E-state index >= 15 is 0 Å². The van der Waals surface area contributed by atoms with Gasteiger partial charge in [0.25, 0.3) is 0 Å². The molecule has 1 fully saturated rings. The average Bonchev–Trinajstić information content (AvgIpc) is 2.86. The third-order valence-electron chi connectivity index (χ3n) is 4.67. The van der Waals surface area contributed by atoms with E-state index in [1.54, 1.807) is 19.2 Å². The summed E-state index contributed by atoms with van der Waals surface area (Å²) in [6, 6.07) is 6.90. The Morgan fingerprint density at radius 1 is 1.00 bits per heavy atom. The molecule has 26 heavy (non-hydrogen) atoms. The number of methoxy groups -OCH3 is 1. The maximum absolute atomic E-state index is 13.4. The van der Waals surface area contributed by atoms with Crippen molar-refractivity contribution < 1.29 is 9.13 Å². The average molecular weight is 358 g/mol. The molecule has 3 rings (SSSR count). The number of hydrogen-bond acceptors (Lipinski definition) is 5. The highest BCUT2D eigenvalue weighted by Crippen LogP contribution is 2.12. The van der Waals surface area contributed by atoms with Crippen molar-refractivity contribution in [1.29, 1.82) is 0 Å². The summed E-state index contributed by atoms with van der Waals surface area (Å²) in [5.41, 5.74) is 2.18. The van der Waals surface area contributed by atoms with Gasteiger partial charge in [-0.25, -0.2) is 14.4 Å². The van der Waals surface area contributed by atoms with E-state index in [0.29, 0.717) is 6.61 Å². The molecule has 0 bridgehead atoms. The lowest BCUT2D eigenvalue weighted by molar-refractivity contribution is 0.200. The SMILES string of the molecule is COCCc1ncc(CN2CCCN(Cc3cccc(F)c3)CC2)cn1. The standard InChI is InChI=1S/C20H27FN4O/c1-26-11-6-20-22-13-18(14-23-20)16-25-8-3-7-24(9-10-25)15-17-4-2-5-19(21)12-17/h2,4-5,12-14H,3,6-11,15-16H2,1H3. The van der Waals surface area contributed by atoms with Gasteiger partial charge in [-0.15, -0.1) is 0 Å². The van der Waals surface area contributed by atoms with Crippen LogP contribution in [0, 0.1) is 5.82 Å². The second-order valence-corrected chi connectivity index (χ2v) is 6.79. The van der Waals surface area contributed by atoms with Gasteiger partial charge < -0.3 is 4.74 Å². The minimum Gasteiger partial charge on any atom is -0.384 e. The lowest BCUT2D eigenvalue weighted by Gasteiger charge is -2.21. The molecule has 2 heterocycles. The van der Waals surface area contributed by atoms with Crippen molar-refractivity contribution in [1.82, 2.24) is 19.8 Å². The maximum Gasteiger partial charge on any atom is 0.130 e. The van der Waals surface area contributed by atoms with Crippen LogP contribution in [0.15, 0.2) is 36.7 Å². The van der Waals surface area contributed by atoms with Crippen molar-refractivity contribution in [2.45, 2.75) is 25.9 Å². The predicted molar refractivity (Wildman–Crippen MR) is 99.2 cm³/mol. The predicted octanol–water partition coefficient (Wildman–Crippen LogP) is 2.51. The highest BCUT2D eigenvalue weighted by molar-refractivity contribution is 5.16. The molecular weight excluding hydrogens is 331 g/mol. The first-order chi connectivity index (χ1) is 12.7. The summed E-state index contributed by atoms with van der Waals surface area (Å²) in [5.74, 6) is 0.667. The lowest BCUT2D eigenvalue weighted by Crippen LogP contribution is -2.30. The van der Waals surface area contributed by atoms with Gasteiger partial charge in [-0.05, 0) is 37.2 Å². The zero-order chi connectivity index (χ0) is 18.2.